The van der Waals surface area contributed by atoms with Crippen molar-refractivity contribution in [3.8, 4) is 0 Å². The second kappa shape index (κ2) is 4.99. The third-order valence-corrected chi connectivity index (χ3v) is 3.50. The molecule has 0 saturated heterocycles. The molecule has 2 N–H and O–H groups in total. The summed E-state index contributed by atoms with van der Waals surface area (Å²) in [6.07, 6.45) is 0. The van der Waals surface area contributed by atoms with E-state index < -0.39 is 0 Å². The van der Waals surface area contributed by atoms with Crippen LogP contribution in [0.1, 0.15) is 22.8 Å². The van der Waals surface area contributed by atoms with Crippen molar-refractivity contribution >= 4 is 17.4 Å². The highest BCUT2D eigenvalue weighted by molar-refractivity contribution is 6.01. The lowest BCUT2D eigenvalue weighted by molar-refractivity contribution is 0.262. The van der Waals surface area contributed by atoms with Crippen LogP contribution in [0.3, 0.4) is 0 Å². The maximum atomic E-state index is 12.1. The predicted octanol–water partition coefficient (Wildman–Crippen LogP) is 2.03. The van der Waals surface area contributed by atoms with Gasteiger partial charge in [0.15, 0.2) is 0 Å². The standard InChI is InChI=1S/C13H20N6O/c1-7-11(9(3)18(5)16-7)14-13(20)15-12-8(2)17-19(6)10(12)4/h1-6H3,(H2,14,15,20). The molecule has 2 amide bonds. The molecule has 108 valence electrons. The van der Waals surface area contributed by atoms with E-state index >= 15 is 0 Å². The van der Waals surface area contributed by atoms with Gasteiger partial charge in [-0.05, 0) is 27.7 Å². The van der Waals surface area contributed by atoms with Gasteiger partial charge in [-0.15, -0.1) is 0 Å². The van der Waals surface area contributed by atoms with Crippen molar-refractivity contribution in [2.45, 2.75) is 27.7 Å². The Labute approximate surface area is 118 Å². The van der Waals surface area contributed by atoms with Gasteiger partial charge in [-0.1, -0.05) is 0 Å². The first kappa shape index (κ1) is 14.1. The number of rotatable bonds is 2. The molecule has 0 aliphatic rings. The summed E-state index contributed by atoms with van der Waals surface area (Å²) in [7, 11) is 3.70. The summed E-state index contributed by atoms with van der Waals surface area (Å²) in [6, 6.07) is -0.289. The number of carbonyl (C=O) groups excluding carboxylic acids is 1. The number of hydrogen-bond donors (Lipinski definition) is 2. The minimum Gasteiger partial charge on any atom is -0.304 e. The van der Waals surface area contributed by atoms with Crippen LogP contribution in [0.4, 0.5) is 16.2 Å². The van der Waals surface area contributed by atoms with E-state index in [2.05, 4.69) is 20.8 Å². The number of amides is 2. The van der Waals surface area contributed by atoms with Gasteiger partial charge < -0.3 is 10.6 Å². The van der Waals surface area contributed by atoms with Crippen LogP contribution in [0, 0.1) is 27.7 Å². The Morgan fingerprint density at radius 1 is 0.850 bits per heavy atom. The van der Waals surface area contributed by atoms with Gasteiger partial charge in [0, 0.05) is 14.1 Å². The fourth-order valence-corrected chi connectivity index (χ4v) is 2.17. The lowest BCUT2D eigenvalue weighted by atomic mass is 10.3. The smallest absolute Gasteiger partial charge is 0.304 e. The molecule has 0 aromatic carbocycles. The second-order valence-electron chi connectivity index (χ2n) is 4.92. The molecule has 7 heteroatoms. The van der Waals surface area contributed by atoms with E-state index in [1.165, 1.54) is 0 Å². The van der Waals surface area contributed by atoms with E-state index in [9.17, 15) is 4.79 Å². The number of hydrogen-bond acceptors (Lipinski definition) is 3. The summed E-state index contributed by atoms with van der Waals surface area (Å²) in [5.74, 6) is 0. The molecule has 2 heterocycles. The van der Waals surface area contributed by atoms with Crippen molar-refractivity contribution in [2.24, 2.45) is 14.1 Å². The topological polar surface area (TPSA) is 76.8 Å². The maximum Gasteiger partial charge on any atom is 0.323 e. The zero-order valence-electron chi connectivity index (χ0n) is 12.7. The number of aromatic nitrogens is 4. The van der Waals surface area contributed by atoms with E-state index in [1.807, 2.05) is 41.8 Å². The maximum absolute atomic E-state index is 12.1. The van der Waals surface area contributed by atoms with Gasteiger partial charge in [0.05, 0.1) is 34.2 Å². The van der Waals surface area contributed by atoms with Crippen LogP contribution < -0.4 is 10.6 Å². The Bertz CT molecular complexity index is 611. The quantitative estimate of drug-likeness (QED) is 0.881. The van der Waals surface area contributed by atoms with Crippen LogP contribution in [-0.2, 0) is 14.1 Å². The minimum absolute atomic E-state index is 0.289. The van der Waals surface area contributed by atoms with Crippen molar-refractivity contribution in [3.63, 3.8) is 0 Å². The molecule has 20 heavy (non-hydrogen) atoms. The Morgan fingerprint density at radius 2 is 1.20 bits per heavy atom. The van der Waals surface area contributed by atoms with E-state index in [-0.39, 0.29) is 6.03 Å². The number of nitrogens with one attached hydrogen (secondary N) is 2. The lowest BCUT2D eigenvalue weighted by Crippen LogP contribution is -2.21. The number of nitrogens with zero attached hydrogens (tertiary/aromatic N) is 4. The van der Waals surface area contributed by atoms with Crippen LogP contribution >= 0.6 is 0 Å². The molecule has 0 unspecified atom stereocenters. The zero-order valence-corrected chi connectivity index (χ0v) is 12.7. The third-order valence-electron chi connectivity index (χ3n) is 3.50. The SMILES string of the molecule is Cc1nn(C)c(C)c1NC(=O)Nc1c(C)nn(C)c1C. The molecular weight excluding hydrogens is 256 g/mol. The highest BCUT2D eigenvalue weighted by Gasteiger charge is 2.15. The summed E-state index contributed by atoms with van der Waals surface area (Å²) < 4.78 is 3.48. The summed E-state index contributed by atoms with van der Waals surface area (Å²) in [4.78, 5) is 12.1. The van der Waals surface area contributed by atoms with Crippen LogP contribution in [0.15, 0.2) is 0 Å². The summed E-state index contributed by atoms with van der Waals surface area (Å²) >= 11 is 0. The van der Waals surface area contributed by atoms with Crippen molar-refractivity contribution in [1.82, 2.24) is 19.6 Å². The number of urea groups is 1. The Kier molecular flexibility index (Phi) is 3.52. The van der Waals surface area contributed by atoms with E-state index in [1.54, 1.807) is 9.36 Å². The first-order valence-electron chi connectivity index (χ1n) is 6.39. The van der Waals surface area contributed by atoms with Gasteiger partial charge in [-0.3, -0.25) is 9.36 Å². The minimum atomic E-state index is -0.289. The first-order chi connectivity index (χ1) is 9.31. The van der Waals surface area contributed by atoms with Crippen molar-refractivity contribution in [2.75, 3.05) is 10.6 Å². The molecule has 7 nitrogen and oxygen atoms in total. The van der Waals surface area contributed by atoms with E-state index in [0.29, 0.717) is 0 Å². The molecule has 2 aromatic heterocycles. The monoisotopic (exact) mass is 276 g/mol. The van der Waals surface area contributed by atoms with Gasteiger partial charge in [0.2, 0.25) is 0 Å². The molecule has 0 aliphatic carbocycles. The highest BCUT2D eigenvalue weighted by atomic mass is 16.2. The largest absolute Gasteiger partial charge is 0.323 e. The van der Waals surface area contributed by atoms with Crippen molar-refractivity contribution < 1.29 is 4.79 Å². The van der Waals surface area contributed by atoms with Crippen LogP contribution in [0.5, 0.6) is 0 Å². The lowest BCUT2D eigenvalue weighted by Gasteiger charge is -2.08. The number of carbonyl (C=O) groups is 1. The highest BCUT2D eigenvalue weighted by Crippen LogP contribution is 2.21. The Hall–Kier alpha value is -2.31. The molecule has 0 spiro atoms. The molecule has 0 bridgehead atoms. The molecule has 0 aliphatic heterocycles. The second-order valence-corrected chi connectivity index (χ2v) is 4.92. The zero-order chi connectivity index (χ0) is 15.0. The molecule has 0 atom stereocenters. The van der Waals surface area contributed by atoms with Gasteiger partial charge in [0.1, 0.15) is 0 Å². The number of anilines is 2. The average Bonchev–Trinajstić information content (AvgIpc) is 2.74. The third kappa shape index (κ3) is 2.38. The fraction of sp³-hybridized carbons (Fsp3) is 0.462. The van der Waals surface area contributed by atoms with Gasteiger partial charge in [0.25, 0.3) is 0 Å². The molecule has 2 rings (SSSR count). The molecular formula is C13H20N6O. The van der Waals surface area contributed by atoms with Crippen molar-refractivity contribution in [1.29, 1.82) is 0 Å². The predicted molar refractivity (Wildman–Crippen MR) is 78.0 cm³/mol. The molecule has 2 aromatic rings. The fourth-order valence-electron chi connectivity index (χ4n) is 2.17. The normalized spacial score (nSPS) is 10.7. The summed E-state index contributed by atoms with van der Waals surface area (Å²) in [6.45, 7) is 7.55. The molecule has 0 radical (unpaired) electrons. The van der Waals surface area contributed by atoms with Crippen LogP contribution in [-0.4, -0.2) is 25.6 Å². The number of aryl methyl sites for hydroxylation is 4. The van der Waals surface area contributed by atoms with Crippen molar-refractivity contribution in [3.05, 3.63) is 22.8 Å². The molecule has 0 saturated carbocycles. The molecule has 0 fully saturated rings. The van der Waals surface area contributed by atoms with Gasteiger partial charge >= 0.3 is 6.03 Å². The first-order valence-corrected chi connectivity index (χ1v) is 6.39. The van der Waals surface area contributed by atoms with Crippen LogP contribution in [0.2, 0.25) is 0 Å². The summed E-state index contributed by atoms with van der Waals surface area (Å²) in [5.41, 5.74) is 4.89. The van der Waals surface area contributed by atoms with Gasteiger partial charge in [-0.2, -0.15) is 10.2 Å². The van der Waals surface area contributed by atoms with E-state index in [4.69, 9.17) is 0 Å². The van der Waals surface area contributed by atoms with Crippen LogP contribution in [0.25, 0.3) is 0 Å². The Balaban J connectivity index is 2.17. The summed E-state index contributed by atoms with van der Waals surface area (Å²) in [5, 5.41) is 14.2. The average molecular weight is 276 g/mol. The van der Waals surface area contributed by atoms with E-state index in [0.717, 1.165) is 34.2 Å². The van der Waals surface area contributed by atoms with Gasteiger partial charge in [-0.25, -0.2) is 4.79 Å². The Morgan fingerprint density at radius 3 is 1.45 bits per heavy atom.